The van der Waals surface area contributed by atoms with Gasteiger partial charge in [-0.3, -0.25) is 19.8 Å². The number of fused-ring (bicyclic) bond motifs is 3. The highest BCUT2D eigenvalue weighted by Crippen LogP contribution is 2.54. The lowest BCUT2D eigenvalue weighted by Crippen LogP contribution is -2.58. The highest BCUT2D eigenvalue weighted by molar-refractivity contribution is 7.90. The van der Waals surface area contributed by atoms with Crippen LogP contribution in [-0.4, -0.2) is 118 Å². The molecule has 0 bridgehead atoms. The van der Waals surface area contributed by atoms with Crippen LogP contribution in [0.2, 0.25) is 0 Å². The Morgan fingerprint density at radius 1 is 0.914 bits per heavy atom. The van der Waals surface area contributed by atoms with Gasteiger partial charge in [-0.2, -0.15) is 4.98 Å². The number of benzene rings is 3. The Kier molecular flexibility index (Phi) is 12.7. The molecule has 7 heterocycles. The van der Waals surface area contributed by atoms with E-state index in [0.717, 1.165) is 81.9 Å². The standard InChI is InChI=1S/C52H62N8O9S/c1-33(2)39-5-3-4-6-40(39)47-31-68-24-20-58(47)37-28-52(29-37)15-18-57(19-16-52)36-7-9-41(44(26-36)59-43-14-23-67-32-48(43)69-51-46(59)25-35-11-17-53-49(35)55-51)50(61)56-70(64,65)38-8-10-42(45(27-38)60(62)63)54-30-34-12-21-66-22-13-34/h3-11,17,25-27,33-34,37,43,47-48,54H,12-16,18-24,28-32H2,1-2H3,(H,53,55)(H,56,61)/t43-,47-,48-/m0/s1. The van der Waals surface area contributed by atoms with Crippen LogP contribution >= 0.6 is 0 Å². The van der Waals surface area contributed by atoms with Gasteiger partial charge in [0.2, 0.25) is 5.88 Å². The molecule has 1 amide bonds. The predicted octanol–water partition coefficient (Wildman–Crippen LogP) is 8.06. The molecule has 1 saturated carbocycles. The van der Waals surface area contributed by atoms with E-state index < -0.39 is 37.5 Å². The fourth-order valence-corrected chi connectivity index (χ4v) is 12.9. The molecule has 370 valence electrons. The summed E-state index contributed by atoms with van der Waals surface area (Å²) in [7, 11) is -4.60. The Hall–Kier alpha value is -5.79. The summed E-state index contributed by atoms with van der Waals surface area (Å²) in [6.45, 7) is 11.1. The first-order valence-electron chi connectivity index (χ1n) is 24.9. The number of hydrogen-bond acceptors (Lipinski definition) is 14. The number of nitro groups is 1. The van der Waals surface area contributed by atoms with Crippen LogP contribution in [0, 0.1) is 21.4 Å². The third-order valence-corrected chi connectivity index (χ3v) is 17.2. The summed E-state index contributed by atoms with van der Waals surface area (Å²) in [4.78, 5) is 41.2. The second kappa shape index (κ2) is 19.1. The molecule has 5 aromatic rings. The Morgan fingerprint density at radius 3 is 2.50 bits per heavy atom. The summed E-state index contributed by atoms with van der Waals surface area (Å²) in [6, 6.07) is 22.5. The number of ether oxygens (including phenoxy) is 4. The minimum Gasteiger partial charge on any atom is -0.468 e. The number of anilines is 4. The Balaban J connectivity index is 0.873. The first-order valence-corrected chi connectivity index (χ1v) is 26.4. The molecule has 11 rings (SSSR count). The van der Waals surface area contributed by atoms with Crippen molar-refractivity contribution < 1.29 is 37.1 Å². The van der Waals surface area contributed by atoms with Crippen molar-refractivity contribution in [1.82, 2.24) is 19.6 Å². The minimum absolute atomic E-state index is 0.123. The molecular weight excluding hydrogens is 913 g/mol. The molecule has 3 atom stereocenters. The van der Waals surface area contributed by atoms with Gasteiger partial charge in [-0.05, 0) is 116 Å². The molecule has 6 aliphatic rings. The summed E-state index contributed by atoms with van der Waals surface area (Å²) in [5.41, 5.74) is 5.68. The summed E-state index contributed by atoms with van der Waals surface area (Å²) in [6.07, 6.45) is 7.98. The van der Waals surface area contributed by atoms with E-state index in [9.17, 15) is 23.3 Å². The minimum atomic E-state index is -4.60. The summed E-state index contributed by atoms with van der Waals surface area (Å²) < 4.78 is 54.5. The zero-order valence-corrected chi connectivity index (χ0v) is 40.6. The Morgan fingerprint density at radius 2 is 1.70 bits per heavy atom. The number of H-pyrrole nitrogens is 1. The van der Waals surface area contributed by atoms with Crippen LogP contribution in [0.4, 0.5) is 28.4 Å². The van der Waals surface area contributed by atoms with E-state index in [0.29, 0.717) is 80.9 Å². The molecular formula is C52H62N8O9S. The van der Waals surface area contributed by atoms with E-state index in [1.165, 1.54) is 23.3 Å². The number of hydrogen-bond donors (Lipinski definition) is 3. The van der Waals surface area contributed by atoms with Crippen molar-refractivity contribution in [2.75, 3.05) is 80.9 Å². The largest absolute Gasteiger partial charge is 0.468 e. The van der Waals surface area contributed by atoms with E-state index in [-0.39, 0.29) is 34.7 Å². The second-order valence-electron chi connectivity index (χ2n) is 20.4. The molecule has 0 radical (unpaired) electrons. The van der Waals surface area contributed by atoms with Crippen LogP contribution in [0.3, 0.4) is 0 Å². The molecule has 3 aromatic carbocycles. The maximum atomic E-state index is 14.7. The zero-order valence-electron chi connectivity index (χ0n) is 39.8. The number of rotatable bonds is 12. The van der Waals surface area contributed by atoms with Crippen LogP contribution in [0.5, 0.6) is 5.88 Å². The predicted molar refractivity (Wildman–Crippen MR) is 266 cm³/mol. The summed E-state index contributed by atoms with van der Waals surface area (Å²) in [5, 5.41) is 16.3. The van der Waals surface area contributed by atoms with E-state index in [1.54, 1.807) is 6.07 Å². The summed E-state index contributed by atoms with van der Waals surface area (Å²) >= 11 is 0. The van der Waals surface area contributed by atoms with Crippen molar-refractivity contribution in [3.63, 3.8) is 0 Å². The first-order chi connectivity index (χ1) is 33.9. The van der Waals surface area contributed by atoms with Crippen LogP contribution in [0.25, 0.3) is 11.0 Å². The van der Waals surface area contributed by atoms with Crippen LogP contribution in [0.1, 0.15) is 92.2 Å². The van der Waals surface area contributed by atoms with Gasteiger partial charge in [0, 0.05) is 75.4 Å². The number of pyridine rings is 1. The van der Waals surface area contributed by atoms with Crippen LogP contribution in [0.15, 0.2) is 83.9 Å². The van der Waals surface area contributed by atoms with Crippen LogP contribution in [-0.2, 0) is 24.2 Å². The highest BCUT2D eigenvalue weighted by atomic mass is 32.2. The van der Waals surface area contributed by atoms with E-state index in [4.69, 9.17) is 23.9 Å². The molecule has 0 unspecified atom stereocenters. The lowest BCUT2D eigenvalue weighted by Gasteiger charge is -2.57. The van der Waals surface area contributed by atoms with Crippen molar-refractivity contribution in [2.45, 2.75) is 93.8 Å². The number of nitro benzene ring substituents is 1. The van der Waals surface area contributed by atoms with Crippen LogP contribution < -0.4 is 24.6 Å². The number of nitrogens with zero attached hydrogens (tertiary/aromatic N) is 5. The number of morpholine rings is 1. The summed E-state index contributed by atoms with van der Waals surface area (Å²) in [5.74, 6) is 0.208. The lowest BCUT2D eigenvalue weighted by atomic mass is 9.59. The number of aromatic amines is 1. The fraction of sp³-hybridized carbons (Fsp3) is 0.500. The molecule has 4 saturated heterocycles. The fourth-order valence-electron chi connectivity index (χ4n) is 12.0. The average molecular weight is 975 g/mol. The third-order valence-electron chi connectivity index (χ3n) is 15.9. The highest BCUT2D eigenvalue weighted by Gasteiger charge is 2.50. The lowest BCUT2D eigenvalue weighted by molar-refractivity contribution is -0.384. The normalized spacial score (nSPS) is 23.1. The van der Waals surface area contributed by atoms with Gasteiger partial charge in [-0.25, -0.2) is 13.1 Å². The van der Waals surface area contributed by atoms with Crippen molar-refractivity contribution in [1.29, 1.82) is 0 Å². The molecule has 1 spiro atoms. The molecule has 17 nitrogen and oxygen atoms in total. The van der Waals surface area contributed by atoms with Crippen molar-refractivity contribution in [2.24, 2.45) is 11.3 Å². The van der Waals surface area contributed by atoms with Gasteiger partial charge in [0.1, 0.15) is 23.1 Å². The van der Waals surface area contributed by atoms with E-state index in [1.807, 2.05) is 30.5 Å². The molecule has 5 fully saturated rings. The van der Waals surface area contributed by atoms with Gasteiger partial charge in [-0.15, -0.1) is 0 Å². The average Bonchev–Trinajstić information content (AvgIpc) is 3.83. The number of carbonyl (C=O) groups is 1. The molecule has 1 aliphatic carbocycles. The number of piperidine rings is 1. The zero-order chi connectivity index (χ0) is 48.1. The maximum Gasteiger partial charge on any atom is 0.293 e. The number of aromatic nitrogens is 2. The molecule has 18 heteroatoms. The Labute approximate surface area is 408 Å². The maximum absolute atomic E-state index is 14.7. The number of carbonyl (C=O) groups excluding carboxylic acids is 1. The monoisotopic (exact) mass is 974 g/mol. The molecule has 70 heavy (non-hydrogen) atoms. The van der Waals surface area contributed by atoms with Gasteiger partial charge in [0.05, 0.1) is 53.0 Å². The quantitative estimate of drug-likeness (QED) is 0.0803. The SMILES string of the molecule is CC(C)c1ccccc1[C@@H]1COCCN1C1CC2(CCN(c3ccc(C(=O)NS(=O)(=O)c4ccc(NCC5CCOCC5)c([N+](=O)[O-])c4)c(N4c5cc6cc[nH]c6nc5O[C@H]5COCC[C@@H]54)c3)CC2)C1. The first kappa shape index (κ1) is 46.6. The van der Waals surface area contributed by atoms with Crippen molar-refractivity contribution in [3.05, 3.63) is 106 Å². The van der Waals surface area contributed by atoms with E-state index >= 15 is 0 Å². The van der Waals surface area contributed by atoms with Crippen molar-refractivity contribution in [3.8, 4) is 5.88 Å². The number of amides is 1. The van der Waals surface area contributed by atoms with Gasteiger partial charge in [0.25, 0.3) is 21.6 Å². The third kappa shape index (κ3) is 8.97. The topological polar surface area (TPSA) is 194 Å². The number of sulfonamides is 1. The van der Waals surface area contributed by atoms with Gasteiger partial charge < -0.3 is 39.0 Å². The van der Waals surface area contributed by atoms with Crippen molar-refractivity contribution >= 4 is 55.4 Å². The molecule has 2 aromatic heterocycles. The van der Waals surface area contributed by atoms with E-state index in [2.05, 4.69) is 67.8 Å². The molecule has 5 aliphatic heterocycles. The van der Waals surface area contributed by atoms with Gasteiger partial charge >= 0.3 is 0 Å². The number of nitrogens with one attached hydrogen (secondary N) is 3. The second-order valence-corrected chi connectivity index (χ2v) is 22.0. The van der Waals surface area contributed by atoms with Gasteiger partial charge in [-0.1, -0.05) is 38.1 Å². The Bertz CT molecular complexity index is 2870. The molecule has 3 N–H and O–H groups in total. The van der Waals surface area contributed by atoms with Gasteiger partial charge in [0.15, 0.2) is 0 Å². The smallest absolute Gasteiger partial charge is 0.293 e.